The van der Waals surface area contributed by atoms with Gasteiger partial charge in [-0.25, -0.2) is 4.98 Å². The molecule has 0 radical (unpaired) electrons. The molecule has 5 nitrogen and oxygen atoms in total. The number of hydrogen-bond acceptors (Lipinski definition) is 3. The first-order chi connectivity index (χ1) is 12.1. The van der Waals surface area contributed by atoms with Gasteiger partial charge in [-0.15, -0.1) is 0 Å². The Morgan fingerprint density at radius 2 is 2.12 bits per heavy atom. The maximum absolute atomic E-state index is 12.2. The number of benzene rings is 1. The fourth-order valence-corrected chi connectivity index (χ4v) is 3.84. The molecule has 0 unspecified atom stereocenters. The Morgan fingerprint density at radius 3 is 2.88 bits per heavy atom. The number of para-hydroxylation sites is 1. The average Bonchev–Trinajstić information content (AvgIpc) is 2.61. The van der Waals surface area contributed by atoms with Crippen molar-refractivity contribution in [3.05, 3.63) is 40.4 Å². The van der Waals surface area contributed by atoms with Crippen LogP contribution in [0.25, 0.3) is 10.9 Å². The number of thiocarbonyl (C=S) groups is 1. The van der Waals surface area contributed by atoms with Crippen LogP contribution < -0.4 is 10.9 Å². The van der Waals surface area contributed by atoms with Crippen LogP contribution in [0.15, 0.2) is 29.1 Å². The number of hydrogen-bond donors (Lipinski definition) is 2. The third kappa shape index (κ3) is 4.18. The molecule has 0 saturated heterocycles. The molecule has 1 aliphatic carbocycles. The molecule has 0 bridgehead atoms. The van der Waals surface area contributed by atoms with Gasteiger partial charge in [-0.2, -0.15) is 0 Å². The zero-order valence-corrected chi connectivity index (χ0v) is 15.7. The lowest BCUT2D eigenvalue weighted by molar-refractivity contribution is 0.296. The molecule has 3 rings (SSSR count). The van der Waals surface area contributed by atoms with E-state index in [-0.39, 0.29) is 5.56 Å². The van der Waals surface area contributed by atoms with Crippen LogP contribution in [-0.4, -0.2) is 32.6 Å². The van der Waals surface area contributed by atoms with Crippen molar-refractivity contribution in [3.63, 3.8) is 0 Å². The van der Waals surface area contributed by atoms with Gasteiger partial charge in [-0.05, 0) is 50.0 Å². The van der Waals surface area contributed by atoms with Crippen LogP contribution in [0.5, 0.6) is 0 Å². The minimum Gasteiger partial charge on any atom is -0.360 e. The normalized spacial score (nSPS) is 20.4. The van der Waals surface area contributed by atoms with E-state index in [2.05, 4.69) is 34.0 Å². The molecule has 134 valence electrons. The highest BCUT2D eigenvalue weighted by molar-refractivity contribution is 7.80. The summed E-state index contributed by atoms with van der Waals surface area (Å²) in [7, 11) is 0. The smallest absolute Gasteiger partial charge is 0.258 e. The van der Waals surface area contributed by atoms with Gasteiger partial charge in [-0.1, -0.05) is 31.9 Å². The van der Waals surface area contributed by atoms with Crippen LogP contribution in [-0.2, 0) is 6.54 Å². The molecule has 2 N–H and O–H groups in total. The topological polar surface area (TPSA) is 61.0 Å². The molecular weight excluding hydrogens is 332 g/mol. The second-order valence-corrected chi connectivity index (χ2v) is 7.25. The molecule has 0 spiro atoms. The average molecular weight is 359 g/mol. The zero-order chi connectivity index (χ0) is 17.8. The van der Waals surface area contributed by atoms with Crippen LogP contribution in [0.1, 0.15) is 45.4 Å². The molecular formula is C19H26N4OS. The minimum absolute atomic E-state index is 0.101. The lowest BCUT2D eigenvalue weighted by atomic mass is 9.86. The van der Waals surface area contributed by atoms with Crippen molar-refractivity contribution in [1.82, 2.24) is 20.2 Å². The third-order valence-electron chi connectivity index (χ3n) is 5.09. The van der Waals surface area contributed by atoms with Gasteiger partial charge in [-0.3, -0.25) is 4.79 Å². The lowest BCUT2D eigenvalue weighted by Crippen LogP contribution is -2.47. The van der Waals surface area contributed by atoms with Gasteiger partial charge in [0, 0.05) is 12.6 Å². The van der Waals surface area contributed by atoms with Crippen LogP contribution in [0.2, 0.25) is 0 Å². The first kappa shape index (κ1) is 17.9. The molecule has 1 saturated carbocycles. The standard InChI is InChI=1S/C19H26N4OS/c1-3-23(19(25)21-15-10-6-4-8-13(15)2)12-17-20-16-11-7-5-9-14(16)18(24)22-17/h5,7,9,11,13,15H,3-4,6,8,10,12H2,1-2H3,(H,21,25)(H,20,22,24)/t13-,15-/m0/s1. The van der Waals surface area contributed by atoms with Crippen molar-refractivity contribution in [3.8, 4) is 0 Å². The van der Waals surface area contributed by atoms with Crippen molar-refractivity contribution in [1.29, 1.82) is 0 Å². The lowest BCUT2D eigenvalue weighted by Gasteiger charge is -2.33. The highest BCUT2D eigenvalue weighted by Gasteiger charge is 2.23. The van der Waals surface area contributed by atoms with Gasteiger partial charge in [0.2, 0.25) is 0 Å². The van der Waals surface area contributed by atoms with Crippen LogP contribution in [0.3, 0.4) is 0 Å². The molecule has 0 aliphatic heterocycles. The Morgan fingerprint density at radius 1 is 1.36 bits per heavy atom. The van der Waals surface area contributed by atoms with Gasteiger partial charge in [0.15, 0.2) is 5.11 Å². The van der Waals surface area contributed by atoms with E-state index in [1.165, 1.54) is 25.7 Å². The number of fused-ring (bicyclic) bond motifs is 1. The molecule has 25 heavy (non-hydrogen) atoms. The summed E-state index contributed by atoms with van der Waals surface area (Å²) >= 11 is 5.63. The maximum Gasteiger partial charge on any atom is 0.258 e. The predicted octanol–water partition coefficient (Wildman–Crippen LogP) is 3.20. The minimum atomic E-state index is -0.101. The molecule has 2 aromatic rings. The Kier molecular flexibility index (Phi) is 5.68. The van der Waals surface area contributed by atoms with E-state index in [0.29, 0.717) is 29.7 Å². The molecule has 1 aromatic carbocycles. The van der Waals surface area contributed by atoms with Crippen molar-refractivity contribution >= 4 is 28.2 Å². The maximum atomic E-state index is 12.2. The molecule has 0 amide bonds. The Hall–Kier alpha value is -1.95. The zero-order valence-electron chi connectivity index (χ0n) is 14.9. The first-order valence-corrected chi connectivity index (χ1v) is 9.52. The molecule has 1 fully saturated rings. The number of nitrogens with zero attached hydrogens (tertiary/aromatic N) is 2. The summed E-state index contributed by atoms with van der Waals surface area (Å²) in [5.74, 6) is 1.29. The summed E-state index contributed by atoms with van der Waals surface area (Å²) < 4.78 is 0. The molecule has 6 heteroatoms. The second kappa shape index (κ2) is 7.95. The van der Waals surface area contributed by atoms with E-state index in [9.17, 15) is 4.79 Å². The summed E-state index contributed by atoms with van der Waals surface area (Å²) in [5.41, 5.74) is 0.619. The van der Waals surface area contributed by atoms with Crippen LogP contribution in [0.4, 0.5) is 0 Å². The number of aromatic amines is 1. The summed E-state index contributed by atoms with van der Waals surface area (Å²) in [6.07, 6.45) is 5.00. The van der Waals surface area contributed by atoms with Gasteiger partial charge in [0.25, 0.3) is 5.56 Å². The van der Waals surface area contributed by atoms with Crippen molar-refractivity contribution in [2.75, 3.05) is 6.54 Å². The number of aromatic nitrogens is 2. The van der Waals surface area contributed by atoms with Gasteiger partial charge in [0.1, 0.15) is 5.82 Å². The number of nitrogens with one attached hydrogen (secondary N) is 2. The van der Waals surface area contributed by atoms with Gasteiger partial charge < -0.3 is 15.2 Å². The monoisotopic (exact) mass is 358 g/mol. The Bertz CT molecular complexity index is 803. The van der Waals surface area contributed by atoms with Gasteiger partial charge >= 0.3 is 0 Å². The quantitative estimate of drug-likeness (QED) is 0.822. The highest BCUT2D eigenvalue weighted by atomic mass is 32.1. The number of H-pyrrole nitrogens is 1. The molecule has 1 aliphatic rings. The SMILES string of the molecule is CCN(Cc1nc2ccccc2c(=O)[nH]1)C(=S)N[C@H]1CCCC[C@@H]1C. The van der Waals surface area contributed by atoms with Crippen LogP contribution >= 0.6 is 12.2 Å². The fourth-order valence-electron chi connectivity index (χ4n) is 3.50. The molecule has 1 heterocycles. The van der Waals surface area contributed by atoms with E-state index in [4.69, 9.17) is 12.2 Å². The summed E-state index contributed by atoms with van der Waals surface area (Å²) in [6.45, 7) is 5.63. The summed E-state index contributed by atoms with van der Waals surface area (Å²) in [5, 5.41) is 4.89. The second-order valence-electron chi connectivity index (χ2n) is 6.86. The van der Waals surface area contributed by atoms with Crippen molar-refractivity contribution in [2.24, 2.45) is 5.92 Å². The van der Waals surface area contributed by atoms with E-state index in [1.807, 2.05) is 18.2 Å². The highest BCUT2D eigenvalue weighted by Crippen LogP contribution is 2.24. The third-order valence-corrected chi connectivity index (χ3v) is 5.47. The largest absolute Gasteiger partial charge is 0.360 e. The number of rotatable bonds is 4. The van der Waals surface area contributed by atoms with E-state index >= 15 is 0 Å². The molecule has 1 aromatic heterocycles. The Labute approximate surface area is 153 Å². The van der Waals surface area contributed by atoms with E-state index in [0.717, 1.165) is 17.2 Å². The van der Waals surface area contributed by atoms with Crippen LogP contribution in [0, 0.1) is 5.92 Å². The summed E-state index contributed by atoms with van der Waals surface area (Å²) in [6, 6.07) is 7.84. The fraction of sp³-hybridized carbons (Fsp3) is 0.526. The van der Waals surface area contributed by atoms with Crippen molar-refractivity contribution < 1.29 is 0 Å². The Balaban J connectivity index is 1.73. The van der Waals surface area contributed by atoms with E-state index in [1.54, 1.807) is 6.07 Å². The van der Waals surface area contributed by atoms with E-state index < -0.39 is 0 Å². The molecule has 2 atom stereocenters. The van der Waals surface area contributed by atoms with Gasteiger partial charge in [0.05, 0.1) is 17.4 Å². The predicted molar refractivity (Wildman–Crippen MR) is 106 cm³/mol. The first-order valence-electron chi connectivity index (χ1n) is 9.12. The van der Waals surface area contributed by atoms with Crippen molar-refractivity contribution in [2.45, 2.75) is 52.1 Å². The summed E-state index contributed by atoms with van der Waals surface area (Å²) in [4.78, 5) is 21.8.